The van der Waals surface area contributed by atoms with E-state index in [2.05, 4.69) is 36.7 Å². The zero-order valence-electron chi connectivity index (χ0n) is 18.8. The molecule has 0 aliphatic carbocycles. The van der Waals surface area contributed by atoms with E-state index in [-0.39, 0.29) is 22.3 Å². The highest BCUT2D eigenvalue weighted by Crippen LogP contribution is 2.31. The molecule has 33 heavy (non-hydrogen) atoms. The lowest BCUT2D eigenvalue weighted by Crippen LogP contribution is -2.13. The maximum Gasteiger partial charge on any atom is 0.343 e. The lowest BCUT2D eigenvalue weighted by Gasteiger charge is -2.18. The third kappa shape index (κ3) is 4.86. The number of carbonyl (C=O) groups is 1. The molecule has 4 rings (SSSR count). The largest absolute Gasteiger partial charge is 0.457 e. The number of para-hydroxylation sites is 1. The van der Waals surface area contributed by atoms with Crippen LogP contribution < -0.4 is 14.9 Å². The summed E-state index contributed by atoms with van der Waals surface area (Å²) < 4.78 is 17.9. The molecule has 4 aromatic rings. The molecule has 5 nitrogen and oxygen atoms in total. The van der Waals surface area contributed by atoms with Gasteiger partial charge in [-0.25, -0.2) is 4.79 Å². The fourth-order valence-corrected chi connectivity index (χ4v) is 3.73. The predicted octanol–water partition coefficient (Wildman–Crippen LogP) is 7.17. The van der Waals surface area contributed by atoms with Gasteiger partial charge in [0.25, 0.3) is 0 Å². The van der Waals surface area contributed by atoms with Gasteiger partial charge in [0, 0.05) is 6.07 Å². The molecule has 6 heteroatoms. The molecule has 0 radical (unpaired) electrons. The maximum absolute atomic E-state index is 13.0. The van der Waals surface area contributed by atoms with E-state index in [9.17, 15) is 9.59 Å². The van der Waals surface area contributed by atoms with Crippen LogP contribution in [0.25, 0.3) is 11.0 Å². The lowest BCUT2D eigenvalue weighted by atomic mass is 9.87. The molecule has 0 amide bonds. The number of hydrogen-bond donors (Lipinski definition) is 0. The molecule has 3 aromatic carbocycles. The molecule has 0 N–H and O–H groups in total. The molecular formula is C27H23BrO5. The molecule has 1 aromatic heterocycles. The summed E-state index contributed by atoms with van der Waals surface area (Å²) in [5.41, 5.74) is 1.57. The van der Waals surface area contributed by atoms with Crippen molar-refractivity contribution in [3.63, 3.8) is 0 Å². The minimum atomic E-state index is -0.484. The van der Waals surface area contributed by atoms with Gasteiger partial charge < -0.3 is 13.9 Å². The van der Waals surface area contributed by atoms with Crippen molar-refractivity contribution in [2.45, 2.75) is 33.1 Å². The Morgan fingerprint density at radius 1 is 0.970 bits per heavy atom. The SMILES string of the molecule is Cc1oc2cc(OC(=O)c3ccc(C(C)(C)C)cc3)ccc2c(=O)c1Oc1ccccc1Br. The van der Waals surface area contributed by atoms with E-state index < -0.39 is 5.97 Å². The van der Waals surface area contributed by atoms with Gasteiger partial charge in [-0.05, 0) is 70.2 Å². The van der Waals surface area contributed by atoms with Crippen molar-refractivity contribution in [2.75, 3.05) is 0 Å². The minimum Gasteiger partial charge on any atom is -0.457 e. The second-order valence-electron chi connectivity index (χ2n) is 8.72. The van der Waals surface area contributed by atoms with Crippen molar-refractivity contribution in [1.82, 2.24) is 0 Å². The van der Waals surface area contributed by atoms with Crippen molar-refractivity contribution in [3.8, 4) is 17.2 Å². The van der Waals surface area contributed by atoms with Crippen LogP contribution in [0.5, 0.6) is 17.2 Å². The Morgan fingerprint density at radius 2 is 1.67 bits per heavy atom. The summed E-state index contributed by atoms with van der Waals surface area (Å²) in [5.74, 6) is 0.745. The highest BCUT2D eigenvalue weighted by molar-refractivity contribution is 9.10. The van der Waals surface area contributed by atoms with E-state index in [1.165, 1.54) is 6.07 Å². The number of esters is 1. The third-order valence-corrected chi connectivity index (χ3v) is 5.89. The van der Waals surface area contributed by atoms with E-state index in [4.69, 9.17) is 13.9 Å². The summed E-state index contributed by atoms with van der Waals surface area (Å²) in [4.78, 5) is 25.6. The van der Waals surface area contributed by atoms with Crippen molar-refractivity contribution < 1.29 is 18.7 Å². The number of rotatable bonds is 4. The number of fused-ring (bicyclic) bond motifs is 1. The molecule has 0 aliphatic heterocycles. The van der Waals surface area contributed by atoms with Crippen molar-refractivity contribution >= 4 is 32.9 Å². The second kappa shape index (κ2) is 8.87. The molecule has 0 unspecified atom stereocenters. The van der Waals surface area contributed by atoms with Crippen LogP contribution in [0, 0.1) is 6.92 Å². The molecule has 0 bridgehead atoms. The first-order chi connectivity index (χ1) is 15.6. The van der Waals surface area contributed by atoms with Gasteiger partial charge in [-0.3, -0.25) is 4.79 Å². The second-order valence-corrected chi connectivity index (χ2v) is 9.58. The molecule has 0 saturated heterocycles. The highest BCUT2D eigenvalue weighted by atomic mass is 79.9. The van der Waals surface area contributed by atoms with E-state index >= 15 is 0 Å². The molecule has 168 valence electrons. The van der Waals surface area contributed by atoms with Crippen molar-refractivity contribution in [3.05, 3.63) is 98.3 Å². The lowest BCUT2D eigenvalue weighted by molar-refractivity contribution is 0.0735. The summed E-state index contributed by atoms with van der Waals surface area (Å²) in [6.45, 7) is 7.99. The minimum absolute atomic E-state index is 0.00462. The van der Waals surface area contributed by atoms with Crippen LogP contribution >= 0.6 is 15.9 Å². The van der Waals surface area contributed by atoms with Crippen LogP contribution in [0.2, 0.25) is 0 Å². The number of ether oxygens (including phenoxy) is 2. The maximum atomic E-state index is 13.0. The Kier molecular flexibility index (Phi) is 6.13. The fourth-order valence-electron chi connectivity index (χ4n) is 3.36. The molecule has 0 atom stereocenters. The van der Waals surface area contributed by atoms with Crippen LogP contribution in [-0.4, -0.2) is 5.97 Å². The van der Waals surface area contributed by atoms with Gasteiger partial charge in [0.2, 0.25) is 11.2 Å². The van der Waals surface area contributed by atoms with Crippen LogP contribution in [0.3, 0.4) is 0 Å². The quantitative estimate of drug-likeness (QED) is 0.216. The fraction of sp³-hybridized carbons (Fsp3) is 0.185. The Labute approximate surface area is 200 Å². The van der Waals surface area contributed by atoms with Crippen LogP contribution in [0.15, 0.2) is 80.4 Å². The molecule has 0 saturated carbocycles. The molecule has 0 spiro atoms. The average molecular weight is 507 g/mol. The number of aryl methyl sites for hydroxylation is 1. The number of hydrogen-bond acceptors (Lipinski definition) is 5. The first-order valence-electron chi connectivity index (χ1n) is 10.5. The predicted molar refractivity (Wildman–Crippen MR) is 132 cm³/mol. The summed E-state index contributed by atoms with van der Waals surface area (Å²) in [6.07, 6.45) is 0. The number of halogens is 1. The van der Waals surface area contributed by atoms with Crippen molar-refractivity contribution in [2.24, 2.45) is 0 Å². The summed E-state index contributed by atoms with van der Waals surface area (Å²) in [7, 11) is 0. The standard InChI is InChI=1S/C27H23BrO5/c1-16-25(33-22-8-6-5-7-21(22)28)24(29)20-14-13-19(15-23(20)31-16)32-26(30)17-9-11-18(12-10-17)27(2,3)4/h5-15H,1-4H3. The first kappa shape index (κ1) is 22.8. The van der Waals surface area contributed by atoms with E-state index in [0.29, 0.717) is 28.0 Å². The smallest absolute Gasteiger partial charge is 0.343 e. The third-order valence-electron chi connectivity index (χ3n) is 5.23. The zero-order valence-corrected chi connectivity index (χ0v) is 20.4. The van der Waals surface area contributed by atoms with Gasteiger partial charge in [-0.15, -0.1) is 0 Å². The molecule has 1 heterocycles. The Morgan fingerprint density at radius 3 is 2.33 bits per heavy atom. The average Bonchev–Trinajstić information content (AvgIpc) is 2.77. The van der Waals surface area contributed by atoms with Crippen LogP contribution in [0.4, 0.5) is 0 Å². The van der Waals surface area contributed by atoms with Gasteiger partial charge >= 0.3 is 5.97 Å². The summed E-state index contributed by atoms with van der Waals surface area (Å²) in [5, 5.41) is 0.331. The molecule has 0 fully saturated rings. The normalized spacial score (nSPS) is 11.4. The van der Waals surface area contributed by atoms with Crippen LogP contribution in [0.1, 0.15) is 42.5 Å². The Balaban J connectivity index is 1.60. The highest BCUT2D eigenvalue weighted by Gasteiger charge is 2.18. The molecule has 0 aliphatic rings. The first-order valence-corrected chi connectivity index (χ1v) is 11.3. The zero-order chi connectivity index (χ0) is 23.8. The molecular weight excluding hydrogens is 484 g/mol. The van der Waals surface area contributed by atoms with Gasteiger partial charge in [0.15, 0.2) is 0 Å². The van der Waals surface area contributed by atoms with Gasteiger partial charge in [0.05, 0.1) is 15.4 Å². The van der Waals surface area contributed by atoms with Crippen LogP contribution in [-0.2, 0) is 5.41 Å². The Bertz CT molecular complexity index is 1400. The summed E-state index contributed by atoms with van der Waals surface area (Å²) in [6, 6.07) is 19.3. The number of benzene rings is 3. The van der Waals surface area contributed by atoms with Gasteiger partial charge in [-0.2, -0.15) is 0 Å². The topological polar surface area (TPSA) is 65.7 Å². The number of carbonyl (C=O) groups excluding carboxylic acids is 1. The van der Waals surface area contributed by atoms with Crippen molar-refractivity contribution in [1.29, 1.82) is 0 Å². The summed E-state index contributed by atoms with van der Waals surface area (Å²) >= 11 is 3.41. The van der Waals surface area contributed by atoms with Gasteiger partial charge in [0.1, 0.15) is 22.8 Å². The van der Waals surface area contributed by atoms with Gasteiger partial charge in [-0.1, -0.05) is 45.0 Å². The van der Waals surface area contributed by atoms with E-state index in [1.807, 2.05) is 30.3 Å². The monoisotopic (exact) mass is 506 g/mol. The van der Waals surface area contributed by atoms with E-state index in [0.717, 1.165) is 10.0 Å². The van der Waals surface area contributed by atoms with E-state index in [1.54, 1.807) is 37.3 Å². The Hall–Kier alpha value is -3.38.